The van der Waals surface area contributed by atoms with E-state index in [1.807, 2.05) is 22.6 Å². The van der Waals surface area contributed by atoms with Gasteiger partial charge in [0, 0.05) is 30.2 Å². The maximum absolute atomic E-state index is 13.9. The summed E-state index contributed by atoms with van der Waals surface area (Å²) in [5.41, 5.74) is -1.92. The minimum Gasteiger partial charge on any atom is -0.394 e. The molecule has 2 aromatic heterocycles. The van der Waals surface area contributed by atoms with Crippen molar-refractivity contribution in [2.45, 2.75) is 47.5 Å². The Kier molecular flexibility index (Phi) is 6.53. The molecular weight excluding hydrogens is 634 g/mol. The van der Waals surface area contributed by atoms with Crippen molar-refractivity contribution >= 4 is 55.8 Å². The number of hydrogen-bond donors (Lipinski definition) is 2. The molecule has 2 saturated heterocycles. The number of hydrogen-bond acceptors (Lipinski definition) is 8. The maximum Gasteiger partial charge on any atom is 0.420 e. The summed E-state index contributed by atoms with van der Waals surface area (Å²) < 4.78 is 66.6. The maximum atomic E-state index is 13.9. The molecule has 0 bridgehead atoms. The molecule has 5 rings (SSSR count). The second-order valence-corrected chi connectivity index (χ2v) is 13.7. The highest BCUT2D eigenvalue weighted by molar-refractivity contribution is 14.1. The highest BCUT2D eigenvalue weighted by Gasteiger charge is 2.54. The van der Waals surface area contributed by atoms with Gasteiger partial charge in [-0.15, -0.1) is 11.3 Å². The van der Waals surface area contributed by atoms with Crippen LogP contribution in [-0.2, 0) is 21.7 Å². The van der Waals surface area contributed by atoms with Crippen LogP contribution in [0.5, 0.6) is 0 Å². The fourth-order valence-electron chi connectivity index (χ4n) is 5.23. The Bertz CT molecular complexity index is 1320. The molecule has 196 valence electrons. The summed E-state index contributed by atoms with van der Waals surface area (Å²) in [5.74, 6) is -0.288. The van der Waals surface area contributed by atoms with Crippen molar-refractivity contribution in [1.29, 1.82) is 0 Å². The number of carbonyl (C=O) groups is 1. The zero-order valence-corrected chi connectivity index (χ0v) is 22.8. The minimum absolute atomic E-state index is 0.00124. The number of aliphatic hydroxyl groups excluding tert-OH is 1. The average molecular weight is 657 g/mol. The predicted molar refractivity (Wildman–Crippen MR) is 135 cm³/mol. The van der Waals surface area contributed by atoms with Crippen LogP contribution in [0.1, 0.15) is 46.5 Å². The van der Waals surface area contributed by atoms with Gasteiger partial charge in [-0.2, -0.15) is 17.5 Å². The molecule has 0 radical (unpaired) electrons. The topological polar surface area (TPSA) is 116 Å². The Balaban J connectivity index is 1.48. The van der Waals surface area contributed by atoms with Crippen molar-refractivity contribution in [1.82, 2.24) is 19.2 Å². The molecule has 0 aromatic carbocycles. The van der Waals surface area contributed by atoms with Crippen LogP contribution in [0, 0.1) is 0 Å². The third-order valence-corrected chi connectivity index (χ3v) is 11.1. The summed E-state index contributed by atoms with van der Waals surface area (Å²) in [5, 5.41) is 13.2. The third kappa shape index (κ3) is 4.29. The van der Waals surface area contributed by atoms with E-state index in [0.717, 1.165) is 23.8 Å². The number of rotatable bonds is 5. The summed E-state index contributed by atoms with van der Waals surface area (Å²) in [6, 6.07) is 1.21. The van der Waals surface area contributed by atoms with Gasteiger partial charge in [0.15, 0.2) is 0 Å². The average Bonchev–Trinajstić information content (AvgIpc) is 3.46. The lowest BCUT2D eigenvalue weighted by Crippen LogP contribution is -2.46. The van der Waals surface area contributed by atoms with E-state index in [9.17, 15) is 31.5 Å². The number of fused-ring (bicyclic) bond motifs is 3. The van der Waals surface area contributed by atoms with Crippen LogP contribution in [0.2, 0.25) is 0 Å². The van der Waals surface area contributed by atoms with Crippen molar-refractivity contribution < 1.29 is 31.5 Å². The van der Waals surface area contributed by atoms with Gasteiger partial charge in [-0.3, -0.25) is 4.79 Å². The molecule has 5 heterocycles. The normalized spacial score (nSPS) is 26.8. The number of nitrogens with zero attached hydrogens (tertiary/aromatic N) is 4. The SMILES string of the molecule is CS(=O)(=O)N1CCC(Nc2ncc(C(F)(F)F)c(-c3cc4c(s3)C3(CO)CCCN3C4=O)n2)CC1I. The molecular formula is C21H23F3IN5O4S2. The Morgan fingerprint density at radius 3 is 2.75 bits per heavy atom. The summed E-state index contributed by atoms with van der Waals surface area (Å²) >= 11 is 3.08. The van der Waals surface area contributed by atoms with Gasteiger partial charge in [-0.1, -0.05) is 22.6 Å². The molecule has 3 aliphatic heterocycles. The van der Waals surface area contributed by atoms with Crippen LogP contribution < -0.4 is 5.32 Å². The monoisotopic (exact) mass is 657 g/mol. The van der Waals surface area contributed by atoms with E-state index in [1.165, 1.54) is 10.4 Å². The Labute approximate surface area is 223 Å². The first-order chi connectivity index (χ1) is 16.8. The summed E-state index contributed by atoms with van der Waals surface area (Å²) in [7, 11) is -3.36. The molecule has 0 aliphatic carbocycles. The molecule has 2 fully saturated rings. The molecule has 3 aliphatic rings. The van der Waals surface area contributed by atoms with Crippen LogP contribution in [-0.4, -0.2) is 74.6 Å². The van der Waals surface area contributed by atoms with Crippen LogP contribution in [0.25, 0.3) is 10.6 Å². The number of halogens is 4. The van der Waals surface area contributed by atoms with Crippen LogP contribution in [0.15, 0.2) is 12.3 Å². The van der Waals surface area contributed by atoms with E-state index in [2.05, 4.69) is 15.3 Å². The highest BCUT2D eigenvalue weighted by atomic mass is 127. The molecule has 36 heavy (non-hydrogen) atoms. The number of piperidine rings is 1. The number of aromatic nitrogens is 2. The molecule has 3 unspecified atom stereocenters. The first-order valence-electron chi connectivity index (χ1n) is 11.2. The van der Waals surface area contributed by atoms with Crippen LogP contribution >= 0.6 is 33.9 Å². The number of nitrogens with one attached hydrogen (secondary N) is 1. The van der Waals surface area contributed by atoms with Gasteiger partial charge in [0.05, 0.1) is 33.0 Å². The smallest absolute Gasteiger partial charge is 0.394 e. The van der Waals surface area contributed by atoms with Gasteiger partial charge in [0.1, 0.15) is 11.1 Å². The van der Waals surface area contributed by atoms with E-state index >= 15 is 0 Å². The molecule has 3 atom stereocenters. The largest absolute Gasteiger partial charge is 0.420 e. The molecule has 1 amide bonds. The minimum atomic E-state index is -4.71. The fraction of sp³-hybridized carbons (Fsp3) is 0.571. The van der Waals surface area contributed by atoms with Gasteiger partial charge in [-0.05, 0) is 31.7 Å². The van der Waals surface area contributed by atoms with Crippen molar-refractivity contribution in [3.8, 4) is 10.6 Å². The number of carbonyl (C=O) groups excluding carboxylic acids is 1. The number of anilines is 1. The number of sulfonamides is 1. The highest BCUT2D eigenvalue weighted by Crippen LogP contribution is 2.52. The van der Waals surface area contributed by atoms with Gasteiger partial charge in [0.2, 0.25) is 16.0 Å². The zero-order valence-electron chi connectivity index (χ0n) is 19.0. The quantitative estimate of drug-likeness (QED) is 0.288. The van der Waals surface area contributed by atoms with Gasteiger partial charge >= 0.3 is 6.18 Å². The van der Waals surface area contributed by atoms with Crippen molar-refractivity contribution in [3.63, 3.8) is 0 Å². The zero-order chi connectivity index (χ0) is 26.0. The van der Waals surface area contributed by atoms with E-state index in [0.29, 0.717) is 42.7 Å². The molecule has 2 N–H and O–H groups in total. The Morgan fingerprint density at radius 1 is 1.36 bits per heavy atom. The first-order valence-corrected chi connectivity index (χ1v) is 15.2. The van der Waals surface area contributed by atoms with Gasteiger partial charge in [-0.25, -0.2) is 18.4 Å². The first kappa shape index (κ1) is 26.1. The Hall–Kier alpha value is -1.56. The van der Waals surface area contributed by atoms with Crippen molar-refractivity contribution in [2.75, 3.05) is 31.3 Å². The molecule has 2 aromatic rings. The third-order valence-electron chi connectivity index (χ3n) is 6.96. The lowest BCUT2D eigenvalue weighted by atomic mass is 9.96. The number of amides is 1. The van der Waals surface area contributed by atoms with E-state index in [4.69, 9.17) is 0 Å². The fourth-order valence-corrected chi connectivity index (χ4v) is 9.67. The van der Waals surface area contributed by atoms with E-state index in [-0.39, 0.29) is 45.7 Å². The lowest BCUT2D eigenvalue weighted by molar-refractivity contribution is -0.137. The van der Waals surface area contributed by atoms with Crippen LogP contribution in [0.3, 0.4) is 0 Å². The lowest BCUT2D eigenvalue weighted by Gasteiger charge is -2.35. The Morgan fingerprint density at radius 2 is 2.11 bits per heavy atom. The number of alkyl halides is 4. The van der Waals surface area contributed by atoms with Gasteiger partial charge < -0.3 is 15.3 Å². The molecule has 9 nitrogen and oxygen atoms in total. The standard InChI is InChI=1S/C21H23F3IN5O4S2/c1-36(33,34)30-6-3-11(7-15(30)25)27-19-26-9-13(21(22,23)24)16(28-19)14-8-12-17(35-14)20(10-31)4-2-5-29(20)18(12)32/h8-9,11,15,31H,2-7,10H2,1H3,(H,26,27,28). The molecule has 15 heteroatoms. The molecule has 0 spiro atoms. The summed E-state index contributed by atoms with van der Waals surface area (Å²) in [6.07, 6.45) is -0.693. The van der Waals surface area contributed by atoms with Gasteiger partial charge in [0.25, 0.3) is 5.91 Å². The van der Waals surface area contributed by atoms with Crippen molar-refractivity contribution in [3.05, 3.63) is 28.3 Å². The van der Waals surface area contributed by atoms with Crippen molar-refractivity contribution in [2.24, 2.45) is 0 Å². The van der Waals surface area contributed by atoms with E-state index in [1.54, 1.807) is 4.90 Å². The summed E-state index contributed by atoms with van der Waals surface area (Å²) in [4.78, 5) is 23.4. The summed E-state index contributed by atoms with van der Waals surface area (Å²) in [6.45, 7) is 0.483. The van der Waals surface area contributed by atoms with E-state index < -0.39 is 27.3 Å². The second-order valence-electron chi connectivity index (χ2n) is 9.23. The predicted octanol–water partition coefficient (Wildman–Crippen LogP) is 3.26. The molecule has 0 saturated carbocycles. The number of aliphatic hydroxyl groups is 1. The number of thiophene rings is 1. The second kappa shape index (κ2) is 9.03. The van der Waals surface area contributed by atoms with Crippen LogP contribution in [0.4, 0.5) is 19.1 Å².